The van der Waals surface area contributed by atoms with Crippen LogP contribution in [0.1, 0.15) is 57.2 Å². The number of urea groups is 1. The van der Waals surface area contributed by atoms with Crippen molar-refractivity contribution in [1.29, 1.82) is 0 Å². The van der Waals surface area contributed by atoms with Crippen LogP contribution in [0.5, 0.6) is 0 Å². The molecule has 1 rings (SSSR count). The number of carbonyl (C=O) groups excluding carboxylic acids is 1. The van der Waals surface area contributed by atoms with Gasteiger partial charge < -0.3 is 15.7 Å². The van der Waals surface area contributed by atoms with Gasteiger partial charge in [0.05, 0.1) is 6.04 Å². The van der Waals surface area contributed by atoms with Crippen LogP contribution >= 0.6 is 0 Å². The molecule has 1 aromatic heterocycles. The number of carbonyl (C=O) groups is 2. The lowest BCUT2D eigenvalue weighted by molar-refractivity contribution is -0.137. The Kier molecular flexibility index (Phi) is 5.95. The highest BCUT2D eigenvalue weighted by molar-refractivity contribution is 5.74. The molecule has 2 amide bonds. The fraction of sp³-hybridized carbons (Fsp3) is 0.667. The molecule has 0 bridgehead atoms. The van der Waals surface area contributed by atoms with E-state index >= 15 is 0 Å². The first-order valence-electron chi connectivity index (χ1n) is 6.58. The van der Waals surface area contributed by atoms with Crippen molar-refractivity contribution in [3.8, 4) is 0 Å². The van der Waals surface area contributed by atoms with Gasteiger partial charge in [-0.05, 0) is 13.3 Å². The highest BCUT2D eigenvalue weighted by Crippen LogP contribution is 2.11. The molecule has 1 heterocycles. The predicted octanol–water partition coefficient (Wildman–Crippen LogP) is 1.15. The molecule has 8 heteroatoms. The molecule has 0 saturated carbocycles. The van der Waals surface area contributed by atoms with Crippen molar-refractivity contribution in [2.45, 2.75) is 45.6 Å². The second kappa shape index (κ2) is 7.46. The summed E-state index contributed by atoms with van der Waals surface area (Å²) in [5.74, 6) is 0.644. The summed E-state index contributed by atoms with van der Waals surface area (Å²) in [5.41, 5.74) is 0. The largest absolute Gasteiger partial charge is 0.481 e. The van der Waals surface area contributed by atoms with Crippen LogP contribution in [0.4, 0.5) is 4.79 Å². The molecular weight excluding hydrogens is 262 g/mol. The normalized spacial score (nSPS) is 12.2. The first-order chi connectivity index (χ1) is 9.40. The third-order valence-corrected chi connectivity index (χ3v) is 2.65. The molecule has 1 unspecified atom stereocenters. The molecule has 8 nitrogen and oxygen atoms in total. The lowest BCUT2D eigenvalue weighted by Crippen LogP contribution is -2.38. The Morgan fingerprint density at radius 2 is 2.05 bits per heavy atom. The second-order valence-electron chi connectivity index (χ2n) is 4.85. The first-order valence-corrected chi connectivity index (χ1v) is 6.58. The van der Waals surface area contributed by atoms with Crippen molar-refractivity contribution >= 4 is 12.0 Å². The van der Waals surface area contributed by atoms with E-state index in [2.05, 4.69) is 25.8 Å². The fourth-order valence-electron chi connectivity index (χ4n) is 1.50. The number of H-pyrrole nitrogens is 1. The molecular formula is C12H21N5O3. The number of nitrogens with zero attached hydrogens (tertiary/aromatic N) is 2. The SMILES string of the molecule is CC(C)c1n[nH]c(C(C)NC(=O)NCCCC(=O)O)n1. The van der Waals surface area contributed by atoms with Crippen molar-refractivity contribution in [3.05, 3.63) is 11.6 Å². The molecule has 0 fully saturated rings. The molecule has 4 N–H and O–H groups in total. The van der Waals surface area contributed by atoms with Crippen LogP contribution < -0.4 is 10.6 Å². The Hall–Kier alpha value is -2.12. The van der Waals surface area contributed by atoms with Crippen LogP contribution in [0, 0.1) is 0 Å². The Balaban J connectivity index is 2.35. The van der Waals surface area contributed by atoms with E-state index in [0.717, 1.165) is 0 Å². The zero-order valence-electron chi connectivity index (χ0n) is 11.9. The molecule has 0 saturated heterocycles. The molecule has 0 spiro atoms. The van der Waals surface area contributed by atoms with E-state index in [9.17, 15) is 9.59 Å². The van der Waals surface area contributed by atoms with Crippen LogP contribution in [-0.2, 0) is 4.79 Å². The number of aromatic nitrogens is 3. The summed E-state index contributed by atoms with van der Waals surface area (Å²) in [6.07, 6.45) is 0.437. The summed E-state index contributed by atoms with van der Waals surface area (Å²) in [4.78, 5) is 26.2. The standard InChI is InChI=1S/C12H21N5O3/c1-7(2)10-15-11(17-16-10)8(3)14-12(20)13-6-4-5-9(18)19/h7-8H,4-6H2,1-3H3,(H,18,19)(H2,13,14,20)(H,15,16,17). The summed E-state index contributed by atoms with van der Waals surface area (Å²) in [5, 5.41) is 20.6. The van der Waals surface area contributed by atoms with Crippen molar-refractivity contribution < 1.29 is 14.7 Å². The number of amides is 2. The van der Waals surface area contributed by atoms with Crippen molar-refractivity contribution in [2.24, 2.45) is 0 Å². The summed E-state index contributed by atoms with van der Waals surface area (Å²) in [6.45, 7) is 6.08. The first kappa shape index (κ1) is 15.9. The van der Waals surface area contributed by atoms with Gasteiger partial charge in [-0.3, -0.25) is 9.89 Å². The average molecular weight is 283 g/mol. The fourth-order valence-corrected chi connectivity index (χ4v) is 1.50. The summed E-state index contributed by atoms with van der Waals surface area (Å²) < 4.78 is 0. The number of hydrogen-bond donors (Lipinski definition) is 4. The van der Waals surface area contributed by atoms with Crippen LogP contribution in [0.2, 0.25) is 0 Å². The zero-order valence-corrected chi connectivity index (χ0v) is 11.9. The van der Waals surface area contributed by atoms with E-state index in [1.54, 1.807) is 6.92 Å². The van der Waals surface area contributed by atoms with E-state index < -0.39 is 5.97 Å². The smallest absolute Gasteiger partial charge is 0.315 e. The number of nitrogens with one attached hydrogen (secondary N) is 3. The number of aliphatic carboxylic acids is 1. The van der Waals surface area contributed by atoms with Gasteiger partial charge in [-0.2, -0.15) is 5.10 Å². The Morgan fingerprint density at radius 1 is 1.35 bits per heavy atom. The van der Waals surface area contributed by atoms with E-state index in [0.29, 0.717) is 24.6 Å². The third kappa shape index (κ3) is 5.25. The molecule has 0 radical (unpaired) electrons. The molecule has 0 aliphatic carbocycles. The van der Waals surface area contributed by atoms with Gasteiger partial charge in [0.1, 0.15) is 5.82 Å². The number of carboxylic acid groups (broad SMARTS) is 1. The van der Waals surface area contributed by atoms with Gasteiger partial charge in [0.15, 0.2) is 5.82 Å². The van der Waals surface area contributed by atoms with Crippen LogP contribution in [-0.4, -0.2) is 38.8 Å². The number of carboxylic acids is 1. The van der Waals surface area contributed by atoms with E-state index in [1.807, 2.05) is 13.8 Å². The monoisotopic (exact) mass is 283 g/mol. The second-order valence-corrected chi connectivity index (χ2v) is 4.85. The lowest BCUT2D eigenvalue weighted by atomic mass is 10.2. The molecule has 1 atom stereocenters. The highest BCUT2D eigenvalue weighted by Gasteiger charge is 2.14. The van der Waals surface area contributed by atoms with Crippen molar-refractivity contribution in [2.75, 3.05) is 6.54 Å². The van der Waals surface area contributed by atoms with Crippen LogP contribution in [0.15, 0.2) is 0 Å². The predicted molar refractivity (Wildman–Crippen MR) is 72.3 cm³/mol. The summed E-state index contributed by atoms with van der Waals surface area (Å²) in [7, 11) is 0. The topological polar surface area (TPSA) is 120 Å². The molecule has 1 aromatic rings. The third-order valence-electron chi connectivity index (χ3n) is 2.65. The van der Waals surface area contributed by atoms with Crippen molar-refractivity contribution in [1.82, 2.24) is 25.8 Å². The minimum absolute atomic E-state index is 0.0374. The van der Waals surface area contributed by atoms with E-state index in [-0.39, 0.29) is 24.4 Å². The zero-order chi connectivity index (χ0) is 15.1. The number of hydrogen-bond acceptors (Lipinski definition) is 4. The summed E-state index contributed by atoms with van der Waals surface area (Å²) in [6, 6.07) is -0.653. The van der Waals surface area contributed by atoms with Gasteiger partial charge in [-0.15, -0.1) is 0 Å². The molecule has 0 aliphatic heterocycles. The maximum Gasteiger partial charge on any atom is 0.315 e. The van der Waals surface area contributed by atoms with Gasteiger partial charge >= 0.3 is 12.0 Å². The van der Waals surface area contributed by atoms with E-state index in [1.165, 1.54) is 0 Å². The average Bonchev–Trinajstić information content (AvgIpc) is 2.84. The lowest BCUT2D eigenvalue weighted by Gasteiger charge is -2.11. The van der Waals surface area contributed by atoms with Gasteiger partial charge in [0.2, 0.25) is 0 Å². The van der Waals surface area contributed by atoms with E-state index in [4.69, 9.17) is 5.11 Å². The maximum absolute atomic E-state index is 11.6. The van der Waals surface area contributed by atoms with Gasteiger partial charge in [-0.1, -0.05) is 13.8 Å². The molecule has 20 heavy (non-hydrogen) atoms. The van der Waals surface area contributed by atoms with Crippen LogP contribution in [0.25, 0.3) is 0 Å². The summed E-state index contributed by atoms with van der Waals surface area (Å²) >= 11 is 0. The Labute approximate surface area is 117 Å². The Morgan fingerprint density at radius 3 is 2.60 bits per heavy atom. The molecule has 0 aromatic carbocycles. The number of rotatable bonds is 7. The minimum Gasteiger partial charge on any atom is -0.481 e. The Bertz CT molecular complexity index is 458. The quantitative estimate of drug-likeness (QED) is 0.559. The van der Waals surface area contributed by atoms with Gasteiger partial charge in [0, 0.05) is 18.9 Å². The highest BCUT2D eigenvalue weighted by atomic mass is 16.4. The minimum atomic E-state index is -0.872. The van der Waals surface area contributed by atoms with Gasteiger partial charge in [0.25, 0.3) is 0 Å². The molecule has 0 aliphatic rings. The van der Waals surface area contributed by atoms with Gasteiger partial charge in [-0.25, -0.2) is 9.78 Å². The molecule has 112 valence electrons. The van der Waals surface area contributed by atoms with Crippen LogP contribution in [0.3, 0.4) is 0 Å². The maximum atomic E-state index is 11.6. The number of aromatic amines is 1. The van der Waals surface area contributed by atoms with Crippen molar-refractivity contribution in [3.63, 3.8) is 0 Å².